The molecule has 0 saturated heterocycles. The quantitative estimate of drug-likeness (QED) is 0.330. The molecule has 0 radical (unpaired) electrons. The van der Waals surface area contributed by atoms with Gasteiger partial charge in [0.2, 0.25) is 0 Å². The number of nitrogens with zero attached hydrogens (tertiary/aromatic N) is 2. The highest BCUT2D eigenvalue weighted by molar-refractivity contribution is 7.11. The van der Waals surface area contributed by atoms with Crippen LogP contribution >= 0.6 is 11.3 Å². The number of ether oxygens (including phenoxy) is 3. The molecule has 1 aromatic carbocycles. The number of aliphatic imine (C=N–C) groups is 1. The fourth-order valence-electron chi connectivity index (χ4n) is 2.59. The molecule has 2 rings (SSSR count). The van der Waals surface area contributed by atoms with Crippen LogP contribution < -0.4 is 24.8 Å². The summed E-state index contributed by atoms with van der Waals surface area (Å²) in [4.78, 5) is 10.5. The highest BCUT2D eigenvalue weighted by Crippen LogP contribution is 2.27. The molecule has 29 heavy (non-hydrogen) atoms. The van der Waals surface area contributed by atoms with Gasteiger partial charge in [0.1, 0.15) is 17.2 Å². The standard InChI is InChI=1S/C21H32N4O3S/c1-6-22-21(24-10-8-20-25-15(2)16(3)29-20)23-9-7-11-28-19-13-17(26-4)12-18(14-19)27-5/h12-14H,6-11H2,1-5H3,(H2,22,23,24). The molecule has 0 aliphatic carbocycles. The Balaban J connectivity index is 1.75. The monoisotopic (exact) mass is 420 g/mol. The van der Waals surface area contributed by atoms with Crippen molar-refractivity contribution in [1.29, 1.82) is 0 Å². The molecular formula is C21H32N4O3S. The van der Waals surface area contributed by atoms with Gasteiger partial charge in [-0.15, -0.1) is 11.3 Å². The van der Waals surface area contributed by atoms with Crippen molar-refractivity contribution in [1.82, 2.24) is 15.6 Å². The van der Waals surface area contributed by atoms with Gasteiger partial charge in [-0.1, -0.05) is 0 Å². The van der Waals surface area contributed by atoms with Crippen LogP contribution in [0.3, 0.4) is 0 Å². The van der Waals surface area contributed by atoms with Crippen molar-refractivity contribution in [3.05, 3.63) is 33.8 Å². The van der Waals surface area contributed by atoms with Crippen LogP contribution in [0.1, 0.15) is 28.9 Å². The molecule has 2 aromatic rings. The lowest BCUT2D eigenvalue weighted by molar-refractivity contribution is 0.307. The first-order valence-corrected chi connectivity index (χ1v) is 10.7. The molecule has 0 atom stereocenters. The Labute approximate surface area is 177 Å². The first-order chi connectivity index (χ1) is 14.0. The fraction of sp³-hybridized carbons (Fsp3) is 0.524. The Morgan fingerprint density at radius 3 is 2.34 bits per heavy atom. The van der Waals surface area contributed by atoms with E-state index < -0.39 is 0 Å². The van der Waals surface area contributed by atoms with Gasteiger partial charge in [0.25, 0.3) is 0 Å². The lowest BCUT2D eigenvalue weighted by Gasteiger charge is -2.11. The van der Waals surface area contributed by atoms with Gasteiger partial charge >= 0.3 is 0 Å². The summed E-state index contributed by atoms with van der Waals surface area (Å²) in [5.41, 5.74) is 1.12. The molecule has 7 nitrogen and oxygen atoms in total. The second-order valence-electron chi connectivity index (χ2n) is 6.44. The zero-order chi connectivity index (χ0) is 21.1. The van der Waals surface area contributed by atoms with Crippen LogP contribution in [-0.2, 0) is 6.42 Å². The number of hydrogen-bond acceptors (Lipinski definition) is 6. The summed E-state index contributed by atoms with van der Waals surface area (Å²) < 4.78 is 16.3. The predicted octanol–water partition coefficient (Wildman–Crippen LogP) is 3.34. The normalized spacial score (nSPS) is 11.3. The van der Waals surface area contributed by atoms with Crippen LogP contribution in [0.15, 0.2) is 23.2 Å². The Hall–Kier alpha value is -2.48. The van der Waals surface area contributed by atoms with Crippen LogP contribution in [0.5, 0.6) is 17.2 Å². The molecule has 0 aliphatic heterocycles. The third kappa shape index (κ3) is 7.81. The Morgan fingerprint density at radius 1 is 1.07 bits per heavy atom. The fourth-order valence-corrected chi connectivity index (χ4v) is 3.52. The van der Waals surface area contributed by atoms with E-state index in [1.54, 1.807) is 25.6 Å². The summed E-state index contributed by atoms with van der Waals surface area (Å²) in [6.45, 7) is 9.09. The van der Waals surface area contributed by atoms with E-state index in [0.29, 0.717) is 24.7 Å². The molecule has 2 N–H and O–H groups in total. The third-order valence-corrected chi connectivity index (χ3v) is 5.35. The lowest BCUT2D eigenvalue weighted by Crippen LogP contribution is -2.38. The second kappa shape index (κ2) is 12.2. The van der Waals surface area contributed by atoms with Crippen LogP contribution in [0.4, 0.5) is 0 Å². The Morgan fingerprint density at radius 2 is 1.76 bits per heavy atom. The van der Waals surface area contributed by atoms with Gasteiger partial charge in [0, 0.05) is 55.6 Å². The van der Waals surface area contributed by atoms with Crippen LogP contribution in [0.25, 0.3) is 0 Å². The maximum absolute atomic E-state index is 5.81. The van der Waals surface area contributed by atoms with E-state index in [0.717, 1.165) is 48.3 Å². The van der Waals surface area contributed by atoms with Gasteiger partial charge < -0.3 is 24.8 Å². The second-order valence-corrected chi connectivity index (χ2v) is 7.72. The SMILES string of the molecule is CCNC(=NCCCOc1cc(OC)cc(OC)c1)NCCc1nc(C)c(C)s1. The maximum Gasteiger partial charge on any atom is 0.191 e. The summed E-state index contributed by atoms with van der Waals surface area (Å²) in [7, 11) is 3.25. The molecule has 0 bridgehead atoms. The molecule has 0 unspecified atom stereocenters. The number of guanidine groups is 1. The number of nitrogens with one attached hydrogen (secondary N) is 2. The molecular weight excluding hydrogens is 388 g/mol. The lowest BCUT2D eigenvalue weighted by atomic mass is 10.3. The molecule has 0 saturated carbocycles. The van der Waals surface area contributed by atoms with E-state index in [1.165, 1.54) is 4.88 Å². The predicted molar refractivity (Wildman–Crippen MR) is 119 cm³/mol. The average molecular weight is 421 g/mol. The van der Waals surface area contributed by atoms with Gasteiger partial charge in [0.15, 0.2) is 5.96 Å². The first-order valence-electron chi connectivity index (χ1n) is 9.86. The van der Waals surface area contributed by atoms with Crippen molar-refractivity contribution < 1.29 is 14.2 Å². The van der Waals surface area contributed by atoms with E-state index >= 15 is 0 Å². The van der Waals surface area contributed by atoms with Crippen molar-refractivity contribution >= 4 is 17.3 Å². The van der Waals surface area contributed by atoms with Crippen LogP contribution in [0, 0.1) is 13.8 Å². The zero-order valence-corrected chi connectivity index (χ0v) is 18.8. The zero-order valence-electron chi connectivity index (χ0n) is 18.0. The Bertz CT molecular complexity index is 750. The van der Waals surface area contributed by atoms with Crippen molar-refractivity contribution in [3.8, 4) is 17.2 Å². The smallest absolute Gasteiger partial charge is 0.191 e. The maximum atomic E-state index is 5.81. The first kappa shape index (κ1) is 22.8. The van der Waals surface area contributed by atoms with E-state index in [2.05, 4.69) is 41.4 Å². The molecule has 0 aliphatic rings. The summed E-state index contributed by atoms with van der Waals surface area (Å²) >= 11 is 1.76. The molecule has 0 fully saturated rings. The molecule has 1 heterocycles. The number of aryl methyl sites for hydroxylation is 2. The minimum Gasteiger partial charge on any atom is -0.496 e. The third-order valence-electron chi connectivity index (χ3n) is 4.21. The molecule has 160 valence electrons. The van der Waals surface area contributed by atoms with E-state index in [-0.39, 0.29) is 0 Å². The number of thiazole rings is 1. The molecule has 0 amide bonds. The van der Waals surface area contributed by atoms with E-state index in [4.69, 9.17) is 14.2 Å². The minimum atomic E-state index is 0.566. The van der Waals surface area contributed by atoms with Gasteiger partial charge in [-0.3, -0.25) is 4.99 Å². The molecule has 1 aromatic heterocycles. The van der Waals surface area contributed by atoms with E-state index in [9.17, 15) is 0 Å². The topological polar surface area (TPSA) is 77.0 Å². The summed E-state index contributed by atoms with van der Waals surface area (Å²) in [5.74, 6) is 2.97. The molecule has 0 spiro atoms. The summed E-state index contributed by atoms with van der Waals surface area (Å²) in [5, 5.41) is 7.80. The van der Waals surface area contributed by atoms with Crippen molar-refractivity contribution in [2.75, 3.05) is 40.5 Å². The highest BCUT2D eigenvalue weighted by Gasteiger charge is 2.05. The summed E-state index contributed by atoms with van der Waals surface area (Å²) in [6.07, 6.45) is 1.70. The van der Waals surface area contributed by atoms with Crippen LogP contribution in [-0.4, -0.2) is 51.4 Å². The number of benzene rings is 1. The van der Waals surface area contributed by atoms with Crippen molar-refractivity contribution in [2.45, 2.75) is 33.6 Å². The highest BCUT2D eigenvalue weighted by atomic mass is 32.1. The van der Waals surface area contributed by atoms with Gasteiger partial charge in [-0.05, 0) is 20.8 Å². The number of rotatable bonds is 11. The van der Waals surface area contributed by atoms with Gasteiger partial charge in [-0.2, -0.15) is 0 Å². The van der Waals surface area contributed by atoms with Crippen molar-refractivity contribution in [2.24, 2.45) is 4.99 Å². The summed E-state index contributed by atoms with van der Waals surface area (Å²) in [6, 6.07) is 5.51. The largest absolute Gasteiger partial charge is 0.496 e. The van der Waals surface area contributed by atoms with Crippen molar-refractivity contribution in [3.63, 3.8) is 0 Å². The van der Waals surface area contributed by atoms with Gasteiger partial charge in [-0.25, -0.2) is 4.98 Å². The van der Waals surface area contributed by atoms with Crippen LogP contribution in [0.2, 0.25) is 0 Å². The number of methoxy groups -OCH3 is 2. The Kier molecular flexibility index (Phi) is 9.56. The van der Waals surface area contributed by atoms with E-state index in [1.807, 2.05) is 18.2 Å². The minimum absolute atomic E-state index is 0.566. The van der Waals surface area contributed by atoms with Gasteiger partial charge in [0.05, 0.1) is 31.5 Å². The molecule has 8 heteroatoms. The average Bonchev–Trinajstić information content (AvgIpc) is 3.04. The number of hydrogen-bond donors (Lipinski definition) is 2. The number of aromatic nitrogens is 1.